The molecule has 0 heterocycles. The number of hydrogen-bond acceptors (Lipinski definition) is 3. The first-order valence-corrected chi connectivity index (χ1v) is 4.37. The van der Waals surface area contributed by atoms with Crippen LogP contribution < -0.4 is 5.32 Å². The van der Waals surface area contributed by atoms with Crippen molar-refractivity contribution in [2.24, 2.45) is 0 Å². The van der Waals surface area contributed by atoms with Gasteiger partial charge in [-0.1, -0.05) is 6.07 Å². The van der Waals surface area contributed by atoms with Crippen molar-refractivity contribution in [3.05, 3.63) is 31.9 Å². The molecule has 1 aromatic carbocycles. The van der Waals surface area contributed by atoms with Gasteiger partial charge in [-0.25, -0.2) is 0 Å². The van der Waals surface area contributed by atoms with E-state index in [9.17, 15) is 14.9 Å². The van der Waals surface area contributed by atoms with Gasteiger partial charge in [0.25, 0.3) is 5.69 Å². The number of nitrogens with zero attached hydrogens (tertiary/aromatic N) is 1. The minimum absolute atomic E-state index is 0.0981. The van der Waals surface area contributed by atoms with E-state index in [0.717, 1.165) is 0 Å². The largest absolute Gasteiger partial charge is 0.322 e. The van der Waals surface area contributed by atoms with Gasteiger partial charge >= 0.3 is 0 Å². The molecule has 0 saturated heterocycles. The molecule has 1 amide bonds. The summed E-state index contributed by atoms with van der Waals surface area (Å²) in [6.45, 7) is 0. The summed E-state index contributed by atoms with van der Waals surface area (Å²) >= 11 is 1.92. The van der Waals surface area contributed by atoms with Crippen molar-refractivity contribution in [1.29, 1.82) is 0 Å². The molecule has 0 saturated carbocycles. The zero-order valence-electron chi connectivity index (χ0n) is 6.36. The summed E-state index contributed by atoms with van der Waals surface area (Å²) in [6.07, 6.45) is 0.421. The average Bonchev–Trinajstić information content (AvgIpc) is 2.08. The molecule has 68 valence electrons. The Hall–Kier alpha value is -1.18. The molecule has 0 fully saturated rings. The number of amides is 1. The van der Waals surface area contributed by atoms with E-state index in [1.165, 1.54) is 6.07 Å². The predicted octanol–water partition coefficient (Wildman–Crippen LogP) is 1.77. The summed E-state index contributed by atoms with van der Waals surface area (Å²) in [7, 11) is 0. The number of anilines is 1. The lowest BCUT2D eigenvalue weighted by molar-refractivity contribution is -0.384. The fourth-order valence-corrected chi connectivity index (χ4v) is 1.51. The maximum absolute atomic E-state index is 10.5. The first-order valence-electron chi connectivity index (χ1n) is 3.30. The van der Waals surface area contributed by atoms with E-state index in [2.05, 4.69) is 5.32 Å². The normalized spacial score (nSPS) is 9.31. The van der Waals surface area contributed by atoms with E-state index in [4.69, 9.17) is 0 Å². The highest BCUT2D eigenvalue weighted by Gasteiger charge is 2.14. The number of nitro benzene ring substituents is 1. The van der Waals surface area contributed by atoms with E-state index in [1.807, 2.05) is 22.6 Å². The number of carbonyl (C=O) groups excluding carboxylic acids is 1. The number of rotatable bonds is 3. The van der Waals surface area contributed by atoms with Gasteiger partial charge in [-0.2, -0.15) is 0 Å². The quantitative estimate of drug-likeness (QED) is 0.399. The van der Waals surface area contributed by atoms with Gasteiger partial charge in [0.2, 0.25) is 6.41 Å². The minimum Gasteiger partial charge on any atom is -0.322 e. The van der Waals surface area contributed by atoms with Crippen LogP contribution in [0.3, 0.4) is 0 Å². The minimum atomic E-state index is -0.534. The van der Waals surface area contributed by atoms with Crippen molar-refractivity contribution < 1.29 is 9.72 Å². The van der Waals surface area contributed by atoms with Crippen molar-refractivity contribution in [2.45, 2.75) is 0 Å². The molecule has 1 rings (SSSR count). The standard InChI is InChI=1S/C7H5IN2O3/c8-5-2-1-3-6(10(12)13)7(5)9-4-11/h1-4H,(H,9,11). The summed E-state index contributed by atoms with van der Waals surface area (Å²) in [4.78, 5) is 20.1. The van der Waals surface area contributed by atoms with Crippen LogP contribution in [0.2, 0.25) is 0 Å². The summed E-state index contributed by atoms with van der Waals surface area (Å²) in [6, 6.07) is 4.59. The molecule has 0 aliphatic carbocycles. The molecular formula is C7H5IN2O3. The maximum atomic E-state index is 10.5. The Morgan fingerprint density at radius 3 is 2.77 bits per heavy atom. The monoisotopic (exact) mass is 292 g/mol. The lowest BCUT2D eigenvalue weighted by Gasteiger charge is -2.02. The van der Waals surface area contributed by atoms with Gasteiger partial charge in [0, 0.05) is 9.64 Å². The van der Waals surface area contributed by atoms with Crippen LogP contribution in [-0.4, -0.2) is 11.3 Å². The molecule has 0 aliphatic rings. The van der Waals surface area contributed by atoms with Crippen molar-refractivity contribution in [3.63, 3.8) is 0 Å². The average molecular weight is 292 g/mol. The highest BCUT2D eigenvalue weighted by molar-refractivity contribution is 14.1. The van der Waals surface area contributed by atoms with Crippen LogP contribution in [0.5, 0.6) is 0 Å². The molecule has 0 unspecified atom stereocenters. The van der Waals surface area contributed by atoms with Gasteiger partial charge in [-0.05, 0) is 28.7 Å². The highest BCUT2D eigenvalue weighted by Crippen LogP contribution is 2.28. The van der Waals surface area contributed by atoms with Crippen molar-refractivity contribution >= 4 is 40.4 Å². The smallest absolute Gasteiger partial charge is 0.293 e. The molecule has 0 spiro atoms. The van der Waals surface area contributed by atoms with Gasteiger partial charge in [-0.3, -0.25) is 14.9 Å². The second-order valence-electron chi connectivity index (χ2n) is 2.15. The molecule has 0 atom stereocenters. The van der Waals surface area contributed by atoms with Gasteiger partial charge < -0.3 is 5.32 Å². The van der Waals surface area contributed by atoms with Crippen LogP contribution in [0, 0.1) is 13.7 Å². The Labute approximate surface area is 87.4 Å². The Bertz CT molecular complexity index is 354. The number of benzene rings is 1. The van der Waals surface area contributed by atoms with E-state index in [0.29, 0.717) is 9.98 Å². The van der Waals surface area contributed by atoms with Crippen molar-refractivity contribution in [3.8, 4) is 0 Å². The highest BCUT2D eigenvalue weighted by atomic mass is 127. The summed E-state index contributed by atoms with van der Waals surface area (Å²) in [5.74, 6) is 0. The van der Waals surface area contributed by atoms with Crippen LogP contribution in [0.25, 0.3) is 0 Å². The first kappa shape index (κ1) is 9.90. The van der Waals surface area contributed by atoms with E-state index >= 15 is 0 Å². The molecular weight excluding hydrogens is 287 g/mol. The molecule has 13 heavy (non-hydrogen) atoms. The fraction of sp³-hybridized carbons (Fsp3) is 0. The van der Waals surface area contributed by atoms with Crippen LogP contribution in [-0.2, 0) is 4.79 Å². The molecule has 0 radical (unpaired) electrons. The van der Waals surface area contributed by atoms with Gasteiger partial charge in [-0.15, -0.1) is 0 Å². The van der Waals surface area contributed by atoms with Crippen molar-refractivity contribution in [1.82, 2.24) is 0 Å². The van der Waals surface area contributed by atoms with Gasteiger partial charge in [0.1, 0.15) is 5.69 Å². The van der Waals surface area contributed by atoms with Gasteiger partial charge in [0.15, 0.2) is 0 Å². The Balaban J connectivity index is 3.24. The second kappa shape index (κ2) is 4.17. The third kappa shape index (κ3) is 2.14. The maximum Gasteiger partial charge on any atom is 0.293 e. The fourth-order valence-electron chi connectivity index (χ4n) is 0.867. The van der Waals surface area contributed by atoms with Crippen LogP contribution >= 0.6 is 22.6 Å². The zero-order valence-corrected chi connectivity index (χ0v) is 8.52. The van der Waals surface area contributed by atoms with Crippen LogP contribution in [0.15, 0.2) is 18.2 Å². The molecule has 1 aromatic rings. The second-order valence-corrected chi connectivity index (χ2v) is 3.32. The first-order chi connectivity index (χ1) is 6.16. The molecule has 0 aromatic heterocycles. The number of carbonyl (C=O) groups is 1. The number of nitrogens with one attached hydrogen (secondary N) is 1. The number of hydrogen-bond donors (Lipinski definition) is 1. The van der Waals surface area contributed by atoms with Crippen LogP contribution in [0.1, 0.15) is 0 Å². The predicted molar refractivity (Wildman–Crippen MR) is 55.5 cm³/mol. The number of halogens is 1. The number of para-hydroxylation sites is 1. The summed E-state index contributed by atoms with van der Waals surface area (Å²) in [5, 5.41) is 12.8. The summed E-state index contributed by atoms with van der Waals surface area (Å²) < 4.78 is 0.638. The SMILES string of the molecule is O=CNc1c(I)cccc1[N+](=O)[O-]. The molecule has 0 bridgehead atoms. The number of nitro groups is 1. The lowest BCUT2D eigenvalue weighted by Crippen LogP contribution is -2.01. The van der Waals surface area contributed by atoms with Crippen LogP contribution in [0.4, 0.5) is 11.4 Å². The van der Waals surface area contributed by atoms with E-state index in [-0.39, 0.29) is 11.4 Å². The van der Waals surface area contributed by atoms with Crippen molar-refractivity contribution in [2.75, 3.05) is 5.32 Å². The topological polar surface area (TPSA) is 72.2 Å². The lowest BCUT2D eigenvalue weighted by atomic mass is 10.3. The van der Waals surface area contributed by atoms with E-state index < -0.39 is 4.92 Å². The Morgan fingerprint density at radius 1 is 1.54 bits per heavy atom. The van der Waals surface area contributed by atoms with E-state index in [1.54, 1.807) is 12.1 Å². The zero-order chi connectivity index (χ0) is 9.84. The molecule has 5 nitrogen and oxygen atoms in total. The third-order valence-electron chi connectivity index (χ3n) is 1.39. The molecule has 1 N–H and O–H groups in total. The van der Waals surface area contributed by atoms with Gasteiger partial charge in [0.05, 0.1) is 4.92 Å². The third-order valence-corrected chi connectivity index (χ3v) is 2.29. The Morgan fingerprint density at radius 2 is 2.23 bits per heavy atom. The molecule has 6 heteroatoms. The Kier molecular flexibility index (Phi) is 3.18. The molecule has 0 aliphatic heterocycles. The summed E-state index contributed by atoms with van der Waals surface area (Å²) in [5.41, 5.74) is 0.141.